The number of fused-ring (bicyclic) bond motifs is 3. The first kappa shape index (κ1) is 16.7. The minimum absolute atomic E-state index is 0.0119. The van der Waals surface area contributed by atoms with Crippen LogP contribution in [0.1, 0.15) is 40.0 Å². The zero-order valence-corrected chi connectivity index (χ0v) is 14.6. The smallest absolute Gasteiger partial charge is 0.410 e. The second-order valence-electron chi connectivity index (χ2n) is 7.20. The number of ether oxygens (including phenoxy) is 1. The second kappa shape index (κ2) is 6.42. The highest BCUT2D eigenvalue weighted by Crippen LogP contribution is 2.45. The molecular formula is C20H25NO3. The molecule has 2 aliphatic heterocycles. The number of allylic oxidation sites excluding steroid dienone is 1. The summed E-state index contributed by atoms with van der Waals surface area (Å²) in [6.07, 6.45) is 4.04. The summed E-state index contributed by atoms with van der Waals surface area (Å²) in [6, 6.07) is 8.94. The normalized spacial score (nSPS) is 29.0. The lowest BCUT2D eigenvalue weighted by molar-refractivity contribution is -0.116. The summed E-state index contributed by atoms with van der Waals surface area (Å²) in [4.78, 5) is 27.0. The molecule has 4 nitrogen and oxygen atoms in total. The number of ketones is 1. The molecule has 2 unspecified atom stereocenters. The van der Waals surface area contributed by atoms with Gasteiger partial charge in [-0.25, -0.2) is 4.79 Å². The highest BCUT2D eigenvalue weighted by atomic mass is 16.6. The molecule has 2 bridgehead atoms. The van der Waals surface area contributed by atoms with Crippen molar-refractivity contribution in [2.75, 3.05) is 6.54 Å². The summed E-state index contributed by atoms with van der Waals surface area (Å²) < 4.78 is 5.55. The Kier molecular flexibility index (Phi) is 4.48. The number of amides is 1. The van der Waals surface area contributed by atoms with Gasteiger partial charge in [0.05, 0.1) is 6.04 Å². The van der Waals surface area contributed by atoms with E-state index in [0.29, 0.717) is 18.7 Å². The van der Waals surface area contributed by atoms with Crippen LogP contribution in [0.4, 0.5) is 4.79 Å². The molecule has 0 spiro atoms. The Morgan fingerprint density at radius 3 is 2.67 bits per heavy atom. The van der Waals surface area contributed by atoms with Crippen molar-refractivity contribution in [3.05, 3.63) is 42.0 Å². The number of carbonyl (C=O) groups excluding carboxylic acids is 2. The maximum absolute atomic E-state index is 12.8. The molecule has 0 radical (unpaired) electrons. The van der Waals surface area contributed by atoms with Crippen LogP contribution in [0.15, 0.2) is 42.0 Å². The van der Waals surface area contributed by atoms with Gasteiger partial charge in [0.1, 0.15) is 5.75 Å². The van der Waals surface area contributed by atoms with E-state index in [0.717, 1.165) is 18.4 Å². The molecule has 24 heavy (non-hydrogen) atoms. The number of benzene rings is 1. The lowest BCUT2D eigenvalue weighted by atomic mass is 9.73. The molecule has 4 rings (SSSR count). The Morgan fingerprint density at radius 1 is 1.29 bits per heavy atom. The van der Waals surface area contributed by atoms with Crippen LogP contribution in [-0.4, -0.2) is 29.4 Å². The number of piperidine rings is 1. The van der Waals surface area contributed by atoms with E-state index in [4.69, 9.17) is 4.74 Å². The number of rotatable bonds is 3. The molecule has 3 aliphatic rings. The third-order valence-electron chi connectivity index (χ3n) is 5.61. The predicted molar refractivity (Wildman–Crippen MR) is 92.8 cm³/mol. The quantitative estimate of drug-likeness (QED) is 0.835. The third-order valence-corrected chi connectivity index (χ3v) is 5.61. The van der Waals surface area contributed by atoms with Crippen molar-refractivity contribution < 1.29 is 14.3 Å². The maximum atomic E-state index is 12.8. The Hall–Kier alpha value is -2.10. The molecule has 1 saturated heterocycles. The summed E-state index contributed by atoms with van der Waals surface area (Å²) >= 11 is 0. The number of nitrogens with zero attached hydrogens (tertiary/aromatic N) is 1. The van der Waals surface area contributed by atoms with Gasteiger partial charge in [-0.2, -0.15) is 0 Å². The second-order valence-corrected chi connectivity index (χ2v) is 7.20. The first-order valence-corrected chi connectivity index (χ1v) is 8.73. The van der Waals surface area contributed by atoms with E-state index in [2.05, 4.69) is 19.9 Å². The zero-order chi connectivity index (χ0) is 17.3. The van der Waals surface area contributed by atoms with Crippen LogP contribution in [0.2, 0.25) is 0 Å². The number of para-hydroxylation sites is 1. The van der Waals surface area contributed by atoms with Crippen LogP contribution in [0.25, 0.3) is 0 Å². The molecule has 0 aromatic heterocycles. The molecule has 1 aromatic rings. The third kappa shape index (κ3) is 2.97. The highest BCUT2D eigenvalue weighted by molar-refractivity contribution is 5.97. The summed E-state index contributed by atoms with van der Waals surface area (Å²) in [5.74, 6) is 0.936. The van der Waals surface area contributed by atoms with Crippen molar-refractivity contribution in [1.29, 1.82) is 0 Å². The molecule has 0 saturated carbocycles. The van der Waals surface area contributed by atoms with Crippen molar-refractivity contribution in [3.8, 4) is 5.75 Å². The number of carbonyl (C=O) groups is 2. The Bertz CT molecular complexity index is 667. The maximum Gasteiger partial charge on any atom is 0.415 e. The highest BCUT2D eigenvalue weighted by Gasteiger charge is 2.47. The van der Waals surface area contributed by atoms with E-state index in [1.54, 1.807) is 17.0 Å². The van der Waals surface area contributed by atoms with Crippen molar-refractivity contribution >= 4 is 11.9 Å². The van der Waals surface area contributed by atoms with Crippen LogP contribution < -0.4 is 4.74 Å². The van der Waals surface area contributed by atoms with Crippen molar-refractivity contribution in [2.45, 2.75) is 46.1 Å². The van der Waals surface area contributed by atoms with Crippen LogP contribution in [0.3, 0.4) is 0 Å². The van der Waals surface area contributed by atoms with E-state index < -0.39 is 0 Å². The van der Waals surface area contributed by atoms with Gasteiger partial charge < -0.3 is 9.64 Å². The van der Waals surface area contributed by atoms with Gasteiger partial charge >= 0.3 is 6.09 Å². The Balaban J connectivity index is 1.89. The first-order chi connectivity index (χ1) is 11.4. The largest absolute Gasteiger partial charge is 0.415 e. The predicted octanol–water partition coefficient (Wildman–Crippen LogP) is 4.21. The molecule has 1 amide bonds. The van der Waals surface area contributed by atoms with E-state index in [-0.39, 0.29) is 29.3 Å². The topological polar surface area (TPSA) is 46.6 Å². The van der Waals surface area contributed by atoms with Crippen LogP contribution >= 0.6 is 0 Å². The fourth-order valence-corrected chi connectivity index (χ4v) is 3.80. The zero-order valence-electron chi connectivity index (χ0n) is 14.6. The standard InChI is InChI=1S/C20H25NO3/c1-4-18(22)16-12-14(2)20(3)11-10-17(16)21(13-20)19(23)24-15-8-6-5-7-9-15/h5-9,12,14,17H,4,10-11,13H2,1-3H3/t14-,17?,20?/m0/s1. The van der Waals surface area contributed by atoms with Gasteiger partial charge in [-0.1, -0.05) is 45.0 Å². The molecule has 128 valence electrons. The lowest BCUT2D eigenvalue weighted by Crippen LogP contribution is -2.52. The summed E-state index contributed by atoms with van der Waals surface area (Å²) in [6.45, 7) is 6.85. The Morgan fingerprint density at radius 2 is 2.00 bits per heavy atom. The van der Waals surface area contributed by atoms with Crippen LogP contribution in [0, 0.1) is 11.3 Å². The number of hydrogen-bond donors (Lipinski definition) is 0. The summed E-state index contributed by atoms with van der Waals surface area (Å²) in [5.41, 5.74) is 0.776. The number of Topliss-reactive ketones (excluding diaryl/α,β-unsaturated/α-hetero) is 1. The fourth-order valence-electron chi connectivity index (χ4n) is 3.80. The molecule has 1 aromatic carbocycles. The van der Waals surface area contributed by atoms with Crippen LogP contribution in [0.5, 0.6) is 5.75 Å². The van der Waals surface area contributed by atoms with E-state index in [1.807, 2.05) is 25.1 Å². The summed E-state index contributed by atoms with van der Waals surface area (Å²) in [7, 11) is 0. The van der Waals surface area contributed by atoms with Gasteiger partial charge in [0.2, 0.25) is 0 Å². The van der Waals surface area contributed by atoms with Gasteiger partial charge in [-0.15, -0.1) is 0 Å². The minimum Gasteiger partial charge on any atom is -0.410 e. The minimum atomic E-state index is -0.360. The monoisotopic (exact) mass is 327 g/mol. The van der Waals surface area contributed by atoms with Crippen molar-refractivity contribution in [1.82, 2.24) is 4.90 Å². The molecule has 4 heteroatoms. The molecule has 2 heterocycles. The van der Waals surface area contributed by atoms with E-state index in [9.17, 15) is 9.59 Å². The molecule has 1 aliphatic carbocycles. The average Bonchev–Trinajstić information content (AvgIpc) is 2.78. The van der Waals surface area contributed by atoms with Gasteiger partial charge in [-0.05, 0) is 36.3 Å². The molecule has 3 atom stereocenters. The van der Waals surface area contributed by atoms with Gasteiger partial charge in [-0.3, -0.25) is 4.79 Å². The molecule has 0 N–H and O–H groups in total. The first-order valence-electron chi connectivity index (χ1n) is 8.73. The summed E-state index contributed by atoms with van der Waals surface area (Å²) in [5, 5.41) is 0. The average molecular weight is 327 g/mol. The molecule has 1 fully saturated rings. The number of hydrogen-bond acceptors (Lipinski definition) is 3. The Labute approximate surface area is 143 Å². The van der Waals surface area contributed by atoms with Gasteiger partial charge in [0, 0.05) is 18.5 Å². The van der Waals surface area contributed by atoms with Crippen molar-refractivity contribution in [3.63, 3.8) is 0 Å². The fraction of sp³-hybridized carbons (Fsp3) is 0.500. The van der Waals surface area contributed by atoms with Crippen molar-refractivity contribution in [2.24, 2.45) is 11.3 Å². The SMILES string of the molecule is CCC(=O)C1=C[C@H](C)C2(C)CCC1N(C(=O)Oc1ccccc1)C2. The lowest BCUT2D eigenvalue weighted by Gasteiger charge is -2.44. The van der Waals surface area contributed by atoms with Gasteiger partial charge in [0.15, 0.2) is 5.78 Å². The molecular weight excluding hydrogens is 302 g/mol. The van der Waals surface area contributed by atoms with E-state index >= 15 is 0 Å². The van der Waals surface area contributed by atoms with Crippen LogP contribution in [-0.2, 0) is 4.79 Å². The van der Waals surface area contributed by atoms with Gasteiger partial charge in [0.25, 0.3) is 0 Å². The van der Waals surface area contributed by atoms with E-state index in [1.165, 1.54) is 0 Å².